The summed E-state index contributed by atoms with van der Waals surface area (Å²) in [6.45, 7) is 4.20. The molecule has 3 aromatic rings. The van der Waals surface area contributed by atoms with E-state index in [0.29, 0.717) is 54.3 Å². The Morgan fingerprint density at radius 1 is 1.02 bits per heavy atom. The molecule has 0 saturated carbocycles. The first-order valence-corrected chi connectivity index (χ1v) is 17.1. The summed E-state index contributed by atoms with van der Waals surface area (Å²) in [5.74, 6) is 1.07. The van der Waals surface area contributed by atoms with Crippen molar-refractivity contribution in [1.82, 2.24) is 29.8 Å². The number of rotatable bonds is 10. The van der Waals surface area contributed by atoms with Crippen LogP contribution in [0.3, 0.4) is 0 Å². The van der Waals surface area contributed by atoms with Crippen LogP contribution >= 0.6 is 23.2 Å². The lowest BCUT2D eigenvalue weighted by atomic mass is 9.88. The molecule has 1 amide bonds. The number of tetrazole rings is 1. The van der Waals surface area contributed by atoms with Gasteiger partial charge in [0.05, 0.1) is 16.3 Å². The molecule has 2 saturated heterocycles. The normalized spacial score (nSPS) is 17.9. The number of amides is 1. The first-order valence-electron chi connectivity index (χ1n) is 14.4. The highest BCUT2D eigenvalue weighted by Gasteiger charge is 2.32. The van der Waals surface area contributed by atoms with Crippen LogP contribution < -0.4 is 4.90 Å². The van der Waals surface area contributed by atoms with Crippen LogP contribution in [0.25, 0.3) is 11.4 Å². The van der Waals surface area contributed by atoms with Gasteiger partial charge in [0, 0.05) is 36.8 Å². The minimum Gasteiger partial charge on any atom is -0.312 e. The molecule has 0 bridgehead atoms. The van der Waals surface area contributed by atoms with E-state index in [1.807, 2.05) is 17.0 Å². The van der Waals surface area contributed by atoms with E-state index in [4.69, 9.17) is 23.2 Å². The molecule has 1 aromatic heterocycles. The highest BCUT2D eigenvalue weighted by Crippen LogP contribution is 2.31. The molecule has 0 unspecified atom stereocenters. The number of hydrogen-bond donors (Lipinski definition) is 1. The number of anilines is 1. The number of halogens is 2. The van der Waals surface area contributed by atoms with Crippen molar-refractivity contribution in [3.8, 4) is 11.4 Å². The second kappa shape index (κ2) is 13.8. The number of nitrogens with zero attached hydrogens (tertiary/aromatic N) is 6. The van der Waals surface area contributed by atoms with Crippen molar-refractivity contribution in [3.63, 3.8) is 0 Å². The van der Waals surface area contributed by atoms with Gasteiger partial charge < -0.3 is 9.80 Å². The monoisotopic (exact) mass is 633 g/mol. The number of aromatic amines is 1. The Bertz CT molecular complexity index is 1460. The van der Waals surface area contributed by atoms with Gasteiger partial charge in [0.2, 0.25) is 15.9 Å². The standard InChI is InChI=1S/C29H37Cl2N7O3S/c1-42(40,41)37-17-11-22(12-18-37)29(39)38(24-7-8-26(30)27(31)20-24)14-4-13-36-15-9-21(10-16-36)19-23-5-2-3-6-25(23)28-32-34-35-33-28/h2-3,5-8,20-22H,4,9-19H2,1H3,(H,32,33,34,35). The molecule has 5 rings (SSSR count). The zero-order valence-corrected chi connectivity index (χ0v) is 26.1. The molecule has 2 aromatic carbocycles. The number of H-pyrrole nitrogens is 1. The molecular formula is C29H37Cl2N7O3S. The van der Waals surface area contributed by atoms with Gasteiger partial charge in [-0.05, 0) is 98.3 Å². The lowest BCUT2D eigenvalue weighted by Gasteiger charge is -2.35. The SMILES string of the molecule is CS(=O)(=O)N1CCC(C(=O)N(CCCN2CCC(Cc3ccccc3-c3nnn[nH]3)CC2)c2ccc(Cl)c(Cl)c2)CC1. The molecule has 2 fully saturated rings. The summed E-state index contributed by atoms with van der Waals surface area (Å²) in [5.41, 5.74) is 3.03. The zero-order valence-electron chi connectivity index (χ0n) is 23.8. The lowest BCUT2D eigenvalue weighted by molar-refractivity contribution is -0.123. The molecule has 226 valence electrons. The third-order valence-corrected chi connectivity index (χ3v) is 10.5. The fourth-order valence-corrected chi connectivity index (χ4v) is 7.22. The average Bonchev–Trinajstić information content (AvgIpc) is 3.52. The number of sulfonamides is 1. The molecule has 2 aliphatic rings. The maximum atomic E-state index is 13.7. The number of carbonyl (C=O) groups is 1. The summed E-state index contributed by atoms with van der Waals surface area (Å²) in [6.07, 6.45) is 6.26. The molecule has 0 radical (unpaired) electrons. The molecule has 3 heterocycles. The Balaban J connectivity index is 1.16. The number of hydrogen-bond acceptors (Lipinski definition) is 7. The van der Waals surface area contributed by atoms with Crippen molar-refractivity contribution in [2.45, 2.75) is 38.5 Å². The number of aromatic nitrogens is 4. The first-order chi connectivity index (χ1) is 20.2. The van der Waals surface area contributed by atoms with Gasteiger partial charge in [0.15, 0.2) is 5.82 Å². The van der Waals surface area contributed by atoms with Crippen LogP contribution in [0.2, 0.25) is 10.0 Å². The van der Waals surface area contributed by atoms with E-state index in [-0.39, 0.29) is 11.8 Å². The molecule has 42 heavy (non-hydrogen) atoms. The van der Waals surface area contributed by atoms with Gasteiger partial charge >= 0.3 is 0 Å². The summed E-state index contributed by atoms with van der Waals surface area (Å²) >= 11 is 12.5. The topological polar surface area (TPSA) is 115 Å². The molecule has 0 spiro atoms. The van der Waals surface area contributed by atoms with E-state index in [1.54, 1.807) is 12.1 Å². The highest BCUT2D eigenvalue weighted by atomic mass is 35.5. The minimum absolute atomic E-state index is 0.0147. The smallest absolute Gasteiger partial charge is 0.230 e. The van der Waals surface area contributed by atoms with Crippen LogP contribution in [0.1, 0.15) is 37.7 Å². The second-order valence-electron chi connectivity index (χ2n) is 11.3. The summed E-state index contributed by atoms with van der Waals surface area (Å²) < 4.78 is 25.3. The van der Waals surface area contributed by atoms with Gasteiger partial charge in [-0.2, -0.15) is 0 Å². The van der Waals surface area contributed by atoms with Gasteiger partial charge in [-0.1, -0.05) is 47.5 Å². The Morgan fingerprint density at radius 2 is 1.76 bits per heavy atom. The van der Waals surface area contributed by atoms with Crippen molar-refractivity contribution in [2.24, 2.45) is 11.8 Å². The Morgan fingerprint density at radius 3 is 2.43 bits per heavy atom. The largest absolute Gasteiger partial charge is 0.312 e. The summed E-state index contributed by atoms with van der Waals surface area (Å²) in [4.78, 5) is 18.0. The van der Waals surface area contributed by atoms with Crippen molar-refractivity contribution in [2.75, 3.05) is 50.4 Å². The second-order valence-corrected chi connectivity index (χ2v) is 14.1. The summed E-state index contributed by atoms with van der Waals surface area (Å²) in [5, 5.41) is 15.3. The number of piperidine rings is 2. The van der Waals surface area contributed by atoms with E-state index in [0.717, 1.165) is 56.6 Å². The van der Waals surface area contributed by atoms with E-state index in [2.05, 4.69) is 43.7 Å². The molecular weight excluding hydrogens is 597 g/mol. The summed E-state index contributed by atoms with van der Waals surface area (Å²) in [6, 6.07) is 13.6. The number of benzene rings is 2. The Kier molecular flexibility index (Phi) is 10.2. The Hall–Kier alpha value is -2.57. The number of likely N-dealkylation sites (tertiary alicyclic amines) is 1. The van der Waals surface area contributed by atoms with Gasteiger partial charge in [0.25, 0.3) is 0 Å². The van der Waals surface area contributed by atoms with Crippen LogP contribution in [0.15, 0.2) is 42.5 Å². The van der Waals surface area contributed by atoms with E-state index >= 15 is 0 Å². The van der Waals surface area contributed by atoms with E-state index in [1.165, 1.54) is 16.1 Å². The maximum Gasteiger partial charge on any atom is 0.230 e. The fourth-order valence-electron chi connectivity index (χ4n) is 6.05. The number of nitrogens with one attached hydrogen (secondary N) is 1. The zero-order chi connectivity index (χ0) is 29.7. The minimum atomic E-state index is -3.26. The van der Waals surface area contributed by atoms with Gasteiger partial charge in [-0.25, -0.2) is 17.8 Å². The third-order valence-electron chi connectivity index (χ3n) is 8.44. The predicted octanol–water partition coefficient (Wildman–Crippen LogP) is 4.52. The van der Waals surface area contributed by atoms with Gasteiger partial charge in [0.1, 0.15) is 0 Å². The van der Waals surface area contributed by atoms with Crippen molar-refractivity contribution in [3.05, 3.63) is 58.1 Å². The Labute approximate surface area is 257 Å². The highest BCUT2D eigenvalue weighted by molar-refractivity contribution is 7.88. The average molecular weight is 635 g/mol. The van der Waals surface area contributed by atoms with Crippen LogP contribution in [0.4, 0.5) is 5.69 Å². The molecule has 13 heteroatoms. The molecule has 1 N–H and O–H groups in total. The van der Waals surface area contributed by atoms with Crippen LogP contribution in [-0.4, -0.2) is 89.7 Å². The first kappa shape index (κ1) is 30.9. The van der Waals surface area contributed by atoms with Crippen LogP contribution in [0.5, 0.6) is 0 Å². The van der Waals surface area contributed by atoms with Crippen LogP contribution in [-0.2, 0) is 21.2 Å². The van der Waals surface area contributed by atoms with Gasteiger partial charge in [-0.3, -0.25) is 4.79 Å². The summed E-state index contributed by atoms with van der Waals surface area (Å²) in [7, 11) is -3.26. The molecule has 0 atom stereocenters. The fraction of sp³-hybridized carbons (Fsp3) is 0.517. The third kappa shape index (κ3) is 7.68. The quantitative estimate of drug-likeness (QED) is 0.349. The van der Waals surface area contributed by atoms with Crippen molar-refractivity contribution >= 4 is 44.8 Å². The number of carbonyl (C=O) groups excluding carboxylic acids is 1. The van der Waals surface area contributed by atoms with Crippen LogP contribution in [0, 0.1) is 11.8 Å². The molecule has 0 aliphatic carbocycles. The molecule has 2 aliphatic heterocycles. The lowest BCUT2D eigenvalue weighted by Crippen LogP contribution is -2.45. The van der Waals surface area contributed by atoms with E-state index in [9.17, 15) is 13.2 Å². The predicted molar refractivity (Wildman–Crippen MR) is 165 cm³/mol. The van der Waals surface area contributed by atoms with Crippen molar-refractivity contribution in [1.29, 1.82) is 0 Å². The van der Waals surface area contributed by atoms with Gasteiger partial charge in [-0.15, -0.1) is 5.10 Å². The maximum absolute atomic E-state index is 13.7. The van der Waals surface area contributed by atoms with E-state index < -0.39 is 10.0 Å². The van der Waals surface area contributed by atoms with Crippen molar-refractivity contribution < 1.29 is 13.2 Å². The molecule has 10 nitrogen and oxygen atoms in total.